The Morgan fingerprint density at radius 3 is 2.84 bits per heavy atom. The molecule has 2 rings (SSSR count). The van der Waals surface area contributed by atoms with E-state index in [0.29, 0.717) is 23.7 Å². The number of carbonyl (C=O) groups is 2. The van der Waals surface area contributed by atoms with Crippen molar-refractivity contribution in [1.82, 2.24) is 4.90 Å². The maximum atomic E-state index is 12.0. The number of hydrogen-bond donors (Lipinski definition) is 2. The fourth-order valence-electron chi connectivity index (χ4n) is 1.93. The molecule has 0 aliphatic carbocycles. The summed E-state index contributed by atoms with van der Waals surface area (Å²) in [5, 5.41) is 12.0. The average Bonchev–Trinajstić information content (AvgIpc) is 2.83. The van der Waals surface area contributed by atoms with Crippen LogP contribution < -0.4 is 5.32 Å². The van der Waals surface area contributed by atoms with Crippen LogP contribution in [0.4, 0.5) is 10.5 Å². The summed E-state index contributed by atoms with van der Waals surface area (Å²) < 4.78 is 0.803. The number of carbonyl (C=O) groups excluding carboxylic acids is 1. The second-order valence-corrected chi connectivity index (χ2v) is 5.65. The minimum Gasteiger partial charge on any atom is -0.481 e. The second-order valence-electron chi connectivity index (χ2n) is 4.32. The Bertz CT molecular complexity index is 524. The normalized spacial score (nSPS) is 18.4. The van der Waals surface area contributed by atoms with Gasteiger partial charge in [0.15, 0.2) is 0 Å². The topological polar surface area (TPSA) is 69.6 Å². The predicted octanol–water partition coefficient (Wildman–Crippen LogP) is 3.04. The maximum absolute atomic E-state index is 12.0. The molecule has 2 amide bonds. The number of nitrogens with one attached hydrogen (secondary N) is 1. The van der Waals surface area contributed by atoms with Crippen LogP contribution in [0, 0.1) is 5.92 Å². The van der Waals surface area contributed by atoms with Gasteiger partial charge in [-0.05, 0) is 24.6 Å². The van der Waals surface area contributed by atoms with Gasteiger partial charge in [0.05, 0.1) is 16.6 Å². The molecular weight excluding hydrogens is 336 g/mol. The lowest BCUT2D eigenvalue weighted by atomic mass is 10.1. The first-order valence-electron chi connectivity index (χ1n) is 5.71. The molecule has 1 aliphatic heterocycles. The third kappa shape index (κ3) is 3.39. The minimum atomic E-state index is -0.865. The Morgan fingerprint density at radius 2 is 2.21 bits per heavy atom. The summed E-state index contributed by atoms with van der Waals surface area (Å²) in [5.74, 6) is -1.35. The van der Waals surface area contributed by atoms with Crippen LogP contribution in [0.2, 0.25) is 5.02 Å². The van der Waals surface area contributed by atoms with Gasteiger partial charge in [0.1, 0.15) is 0 Å². The molecule has 1 aromatic rings. The zero-order chi connectivity index (χ0) is 14.0. The highest BCUT2D eigenvalue weighted by Gasteiger charge is 2.30. The molecule has 1 saturated heterocycles. The van der Waals surface area contributed by atoms with E-state index in [2.05, 4.69) is 21.2 Å². The number of rotatable bonds is 2. The molecule has 7 heteroatoms. The Labute approximate surface area is 123 Å². The molecule has 0 spiro atoms. The van der Waals surface area contributed by atoms with E-state index in [4.69, 9.17) is 16.7 Å². The monoisotopic (exact) mass is 346 g/mol. The molecule has 102 valence electrons. The van der Waals surface area contributed by atoms with E-state index < -0.39 is 11.9 Å². The Morgan fingerprint density at radius 1 is 1.47 bits per heavy atom. The molecule has 0 aromatic heterocycles. The van der Waals surface area contributed by atoms with Crippen molar-refractivity contribution in [2.24, 2.45) is 5.92 Å². The predicted molar refractivity (Wildman–Crippen MR) is 75.5 cm³/mol. The molecule has 1 aromatic carbocycles. The molecule has 1 unspecified atom stereocenters. The summed E-state index contributed by atoms with van der Waals surface area (Å²) in [6.45, 7) is 0.668. The molecule has 1 fully saturated rings. The van der Waals surface area contributed by atoms with Crippen LogP contribution in [0.1, 0.15) is 6.42 Å². The molecule has 0 bridgehead atoms. The van der Waals surface area contributed by atoms with Gasteiger partial charge in [-0.15, -0.1) is 0 Å². The van der Waals surface area contributed by atoms with Crippen LogP contribution in [0.25, 0.3) is 0 Å². The van der Waals surface area contributed by atoms with Crippen molar-refractivity contribution in [1.29, 1.82) is 0 Å². The van der Waals surface area contributed by atoms with Gasteiger partial charge < -0.3 is 15.3 Å². The molecule has 5 nitrogen and oxygen atoms in total. The van der Waals surface area contributed by atoms with Gasteiger partial charge in [-0.25, -0.2) is 4.79 Å². The lowest BCUT2D eigenvalue weighted by molar-refractivity contribution is -0.141. The first-order valence-corrected chi connectivity index (χ1v) is 6.88. The van der Waals surface area contributed by atoms with Crippen molar-refractivity contribution in [3.63, 3.8) is 0 Å². The summed E-state index contributed by atoms with van der Waals surface area (Å²) >= 11 is 9.28. The number of likely N-dealkylation sites (tertiary alicyclic amines) is 1. The molecule has 0 saturated carbocycles. The highest BCUT2D eigenvalue weighted by atomic mass is 79.9. The van der Waals surface area contributed by atoms with Crippen molar-refractivity contribution < 1.29 is 14.7 Å². The van der Waals surface area contributed by atoms with E-state index in [0.717, 1.165) is 4.47 Å². The molecule has 19 heavy (non-hydrogen) atoms. The maximum Gasteiger partial charge on any atom is 0.321 e. The number of benzene rings is 1. The fraction of sp³-hybridized carbons (Fsp3) is 0.333. The summed E-state index contributed by atoms with van der Waals surface area (Å²) in [6, 6.07) is 4.81. The molecular formula is C12H12BrClN2O3. The number of aliphatic carboxylic acids is 1. The number of carboxylic acid groups (broad SMARTS) is 1. The average molecular weight is 348 g/mol. The molecule has 0 radical (unpaired) electrons. The van der Waals surface area contributed by atoms with Crippen LogP contribution in [0.3, 0.4) is 0 Å². The zero-order valence-corrected chi connectivity index (χ0v) is 12.2. The quantitative estimate of drug-likeness (QED) is 0.864. The summed E-state index contributed by atoms with van der Waals surface area (Å²) in [4.78, 5) is 24.3. The first kappa shape index (κ1) is 14.1. The third-order valence-corrected chi connectivity index (χ3v) is 3.82. The van der Waals surface area contributed by atoms with Gasteiger partial charge in [-0.3, -0.25) is 4.79 Å². The standard InChI is InChI=1S/C12H12BrClN2O3/c13-8-1-2-9(14)10(5-8)15-12(19)16-4-3-7(6-16)11(17)18/h1-2,5,7H,3-4,6H2,(H,15,19)(H,17,18). The van der Waals surface area contributed by atoms with Crippen molar-refractivity contribution >= 4 is 45.2 Å². The number of nitrogens with zero attached hydrogens (tertiary/aromatic N) is 1. The van der Waals surface area contributed by atoms with Gasteiger partial charge in [-0.2, -0.15) is 0 Å². The van der Waals surface area contributed by atoms with Gasteiger partial charge in [0.2, 0.25) is 0 Å². The number of hydrogen-bond acceptors (Lipinski definition) is 2. The Balaban J connectivity index is 2.02. The highest BCUT2D eigenvalue weighted by Crippen LogP contribution is 2.26. The number of amides is 2. The fourth-order valence-corrected chi connectivity index (χ4v) is 2.46. The summed E-state index contributed by atoms with van der Waals surface area (Å²) in [6.07, 6.45) is 0.481. The number of anilines is 1. The second kappa shape index (κ2) is 5.79. The third-order valence-electron chi connectivity index (χ3n) is 2.99. The van der Waals surface area contributed by atoms with Crippen molar-refractivity contribution in [3.8, 4) is 0 Å². The van der Waals surface area contributed by atoms with Crippen LogP contribution in [0.5, 0.6) is 0 Å². The zero-order valence-electron chi connectivity index (χ0n) is 9.90. The number of urea groups is 1. The lowest BCUT2D eigenvalue weighted by Crippen LogP contribution is -2.33. The van der Waals surface area contributed by atoms with E-state index in [9.17, 15) is 9.59 Å². The SMILES string of the molecule is O=C(O)C1CCN(C(=O)Nc2cc(Br)ccc2Cl)C1. The Kier molecular flexibility index (Phi) is 4.31. The van der Waals surface area contributed by atoms with Crippen molar-refractivity contribution in [3.05, 3.63) is 27.7 Å². The van der Waals surface area contributed by atoms with Crippen LogP contribution >= 0.6 is 27.5 Å². The highest BCUT2D eigenvalue weighted by molar-refractivity contribution is 9.10. The molecule has 1 aliphatic rings. The van der Waals surface area contributed by atoms with Gasteiger partial charge >= 0.3 is 12.0 Å². The summed E-state index contributed by atoms with van der Waals surface area (Å²) in [7, 11) is 0. The Hall–Kier alpha value is -1.27. The van der Waals surface area contributed by atoms with E-state index in [-0.39, 0.29) is 12.6 Å². The molecule has 1 atom stereocenters. The minimum absolute atomic E-state index is 0.229. The van der Waals surface area contributed by atoms with Crippen LogP contribution in [-0.4, -0.2) is 35.1 Å². The number of halogens is 2. The lowest BCUT2D eigenvalue weighted by Gasteiger charge is -2.17. The van der Waals surface area contributed by atoms with Crippen molar-refractivity contribution in [2.45, 2.75) is 6.42 Å². The van der Waals surface area contributed by atoms with Gasteiger partial charge in [0, 0.05) is 17.6 Å². The molecule has 1 heterocycles. The number of carboxylic acids is 1. The smallest absolute Gasteiger partial charge is 0.321 e. The first-order chi connectivity index (χ1) is 8.97. The van der Waals surface area contributed by atoms with E-state index in [1.807, 2.05) is 0 Å². The van der Waals surface area contributed by atoms with Crippen molar-refractivity contribution in [2.75, 3.05) is 18.4 Å². The largest absolute Gasteiger partial charge is 0.481 e. The van der Waals surface area contributed by atoms with E-state index in [1.54, 1.807) is 18.2 Å². The van der Waals surface area contributed by atoms with Gasteiger partial charge in [0.25, 0.3) is 0 Å². The van der Waals surface area contributed by atoms with E-state index in [1.165, 1.54) is 4.90 Å². The van der Waals surface area contributed by atoms with Crippen LogP contribution in [0.15, 0.2) is 22.7 Å². The van der Waals surface area contributed by atoms with E-state index >= 15 is 0 Å². The molecule has 2 N–H and O–H groups in total. The van der Waals surface area contributed by atoms with Gasteiger partial charge in [-0.1, -0.05) is 27.5 Å². The summed E-state index contributed by atoms with van der Waals surface area (Å²) in [5.41, 5.74) is 0.500. The van der Waals surface area contributed by atoms with Crippen LogP contribution in [-0.2, 0) is 4.79 Å².